The number of fused-ring (bicyclic) bond motifs is 1. The molecule has 0 spiro atoms. The van der Waals surface area contributed by atoms with Crippen molar-refractivity contribution in [2.75, 3.05) is 4.90 Å². The van der Waals surface area contributed by atoms with E-state index in [0.717, 1.165) is 4.57 Å². The van der Waals surface area contributed by atoms with Crippen LogP contribution in [-0.4, -0.2) is 47.7 Å². The SMILES string of the molecule is Cn1c(=O)c(C(=O)N(c2ccccc2)C(O)(O)C(C)(O)O)c(O)c2c(Cl)cccc21. The summed E-state index contributed by atoms with van der Waals surface area (Å²) < 4.78 is 1.06. The number of amides is 1. The van der Waals surface area contributed by atoms with E-state index in [9.17, 15) is 35.1 Å². The number of aromatic hydroxyl groups is 1. The van der Waals surface area contributed by atoms with E-state index < -0.39 is 34.5 Å². The van der Waals surface area contributed by atoms with Gasteiger partial charge in [-0.2, -0.15) is 0 Å². The zero-order valence-corrected chi connectivity index (χ0v) is 16.7. The Labute approximate surface area is 175 Å². The first-order valence-corrected chi connectivity index (χ1v) is 9.06. The highest BCUT2D eigenvalue weighted by atomic mass is 35.5. The van der Waals surface area contributed by atoms with Crippen molar-refractivity contribution < 1.29 is 30.3 Å². The van der Waals surface area contributed by atoms with Crippen LogP contribution >= 0.6 is 11.6 Å². The molecule has 158 valence electrons. The molecule has 0 saturated carbocycles. The molecule has 1 heterocycles. The molecule has 9 nitrogen and oxygen atoms in total. The molecule has 3 rings (SSSR count). The number of anilines is 1. The van der Waals surface area contributed by atoms with Gasteiger partial charge in [0.2, 0.25) is 5.79 Å². The Morgan fingerprint density at radius 1 is 1.03 bits per heavy atom. The molecule has 0 bridgehead atoms. The van der Waals surface area contributed by atoms with E-state index in [1.165, 1.54) is 43.4 Å². The minimum Gasteiger partial charge on any atom is -0.506 e. The third kappa shape index (κ3) is 3.32. The highest BCUT2D eigenvalue weighted by Gasteiger charge is 2.52. The third-order valence-electron chi connectivity index (χ3n) is 4.72. The number of para-hydroxylation sites is 1. The maximum atomic E-state index is 13.4. The Balaban J connectivity index is 2.36. The van der Waals surface area contributed by atoms with E-state index in [1.54, 1.807) is 12.1 Å². The summed E-state index contributed by atoms with van der Waals surface area (Å²) in [6, 6.07) is 11.5. The summed E-state index contributed by atoms with van der Waals surface area (Å²) >= 11 is 6.14. The van der Waals surface area contributed by atoms with Gasteiger partial charge in [0, 0.05) is 12.7 Å². The van der Waals surface area contributed by atoms with Gasteiger partial charge in [0.05, 0.1) is 15.9 Å². The van der Waals surface area contributed by atoms with Gasteiger partial charge in [-0.05, 0) is 31.2 Å². The zero-order valence-electron chi connectivity index (χ0n) is 15.9. The number of aryl methyl sites for hydroxylation is 1. The minimum atomic E-state index is -3.57. The summed E-state index contributed by atoms with van der Waals surface area (Å²) in [7, 11) is 1.34. The summed E-state index contributed by atoms with van der Waals surface area (Å²) in [6.07, 6.45) is 0. The lowest BCUT2D eigenvalue weighted by Gasteiger charge is -2.40. The molecule has 0 atom stereocenters. The molecule has 5 N–H and O–H groups in total. The first-order valence-electron chi connectivity index (χ1n) is 8.69. The van der Waals surface area contributed by atoms with Crippen LogP contribution in [-0.2, 0) is 7.05 Å². The fourth-order valence-electron chi connectivity index (χ4n) is 3.06. The molecule has 0 saturated heterocycles. The van der Waals surface area contributed by atoms with E-state index >= 15 is 0 Å². The smallest absolute Gasteiger partial charge is 0.310 e. The van der Waals surface area contributed by atoms with Crippen molar-refractivity contribution in [3.63, 3.8) is 0 Å². The second kappa shape index (κ2) is 7.38. The number of nitrogens with zero attached hydrogens (tertiary/aromatic N) is 2. The van der Waals surface area contributed by atoms with E-state index in [2.05, 4.69) is 0 Å². The highest BCUT2D eigenvalue weighted by molar-refractivity contribution is 6.36. The molecule has 0 aliphatic heterocycles. The fourth-order valence-corrected chi connectivity index (χ4v) is 3.32. The van der Waals surface area contributed by atoms with Gasteiger partial charge in [-0.25, -0.2) is 0 Å². The monoisotopic (exact) mass is 434 g/mol. The van der Waals surface area contributed by atoms with Crippen molar-refractivity contribution in [2.24, 2.45) is 7.05 Å². The van der Waals surface area contributed by atoms with Crippen LogP contribution in [0.2, 0.25) is 5.02 Å². The Hall–Kier alpha value is -2.95. The van der Waals surface area contributed by atoms with Gasteiger partial charge >= 0.3 is 5.91 Å². The van der Waals surface area contributed by atoms with Gasteiger partial charge in [0.25, 0.3) is 11.5 Å². The average molecular weight is 435 g/mol. The molecule has 3 aromatic rings. The van der Waals surface area contributed by atoms with Crippen LogP contribution in [0.15, 0.2) is 53.3 Å². The quantitative estimate of drug-likeness (QED) is 0.383. The molecule has 1 amide bonds. The van der Waals surface area contributed by atoms with Crippen molar-refractivity contribution in [1.82, 2.24) is 4.57 Å². The van der Waals surface area contributed by atoms with Crippen LogP contribution in [0.25, 0.3) is 10.9 Å². The summed E-state index contributed by atoms with van der Waals surface area (Å²) in [5, 5.41) is 51.5. The number of aromatic nitrogens is 1. The fraction of sp³-hybridized carbons (Fsp3) is 0.200. The van der Waals surface area contributed by atoms with E-state index in [-0.39, 0.29) is 26.5 Å². The normalized spacial score (nSPS) is 12.2. The Bertz CT molecular complexity index is 1180. The number of hydrogen-bond acceptors (Lipinski definition) is 7. The number of carbonyl (C=O) groups excluding carboxylic acids is 1. The van der Waals surface area contributed by atoms with Gasteiger partial charge in [0.15, 0.2) is 0 Å². The molecule has 0 unspecified atom stereocenters. The number of rotatable bonds is 4. The standard InChI is InChI=1S/C20H19ClN2O7/c1-19(27,28)20(29,30)23(11-7-4-3-5-8-11)18(26)15-16(24)14-12(21)9-6-10-13(14)22(2)17(15)25/h3-10,24,27-30H,1-2H3. The molecule has 0 aliphatic carbocycles. The van der Waals surface area contributed by atoms with Crippen LogP contribution < -0.4 is 10.5 Å². The number of halogens is 1. The van der Waals surface area contributed by atoms with Gasteiger partial charge in [-0.1, -0.05) is 35.9 Å². The van der Waals surface area contributed by atoms with Crippen LogP contribution in [0, 0.1) is 0 Å². The van der Waals surface area contributed by atoms with Gasteiger partial charge in [-0.15, -0.1) is 0 Å². The summed E-state index contributed by atoms with van der Waals surface area (Å²) in [6.45, 7) is 0.644. The third-order valence-corrected chi connectivity index (χ3v) is 5.04. The molecule has 0 aliphatic rings. The second-order valence-electron chi connectivity index (χ2n) is 6.85. The molecule has 10 heteroatoms. The maximum Gasteiger partial charge on any atom is 0.310 e. The van der Waals surface area contributed by atoms with Gasteiger partial charge in [0.1, 0.15) is 11.3 Å². The summed E-state index contributed by atoms with van der Waals surface area (Å²) in [5.74, 6) is -8.95. The van der Waals surface area contributed by atoms with E-state index in [4.69, 9.17) is 11.6 Å². The predicted octanol–water partition coefficient (Wildman–Crippen LogP) is 0.884. The molecule has 0 fully saturated rings. The van der Waals surface area contributed by atoms with Crippen molar-refractivity contribution in [3.05, 3.63) is 69.5 Å². The molecular weight excluding hydrogens is 416 g/mol. The average Bonchev–Trinajstić information content (AvgIpc) is 2.66. The Kier molecular flexibility index (Phi) is 5.35. The summed E-state index contributed by atoms with van der Waals surface area (Å²) in [5.41, 5.74) is -1.73. The van der Waals surface area contributed by atoms with Crippen LogP contribution in [0.1, 0.15) is 17.3 Å². The van der Waals surface area contributed by atoms with Crippen molar-refractivity contribution >= 4 is 34.1 Å². The molecule has 2 aromatic carbocycles. The molecule has 30 heavy (non-hydrogen) atoms. The van der Waals surface area contributed by atoms with Crippen molar-refractivity contribution in [2.45, 2.75) is 18.6 Å². The first-order chi connectivity index (χ1) is 13.9. The second-order valence-corrected chi connectivity index (χ2v) is 7.26. The Morgan fingerprint density at radius 3 is 2.20 bits per heavy atom. The molecule has 0 radical (unpaired) electrons. The van der Waals surface area contributed by atoms with Crippen molar-refractivity contribution in [3.8, 4) is 5.75 Å². The zero-order chi connectivity index (χ0) is 22.4. The van der Waals surface area contributed by atoms with E-state index in [0.29, 0.717) is 6.92 Å². The topological polar surface area (TPSA) is 143 Å². The number of aliphatic hydroxyl groups is 4. The first kappa shape index (κ1) is 21.8. The lowest BCUT2D eigenvalue weighted by Crippen LogP contribution is -2.66. The number of pyridine rings is 1. The lowest BCUT2D eigenvalue weighted by atomic mass is 10.1. The number of benzene rings is 2. The predicted molar refractivity (Wildman–Crippen MR) is 109 cm³/mol. The van der Waals surface area contributed by atoms with Crippen LogP contribution in [0.5, 0.6) is 5.75 Å². The highest BCUT2D eigenvalue weighted by Crippen LogP contribution is 2.35. The minimum absolute atomic E-state index is 0.00475. The lowest BCUT2D eigenvalue weighted by molar-refractivity contribution is -0.343. The Morgan fingerprint density at radius 2 is 1.63 bits per heavy atom. The van der Waals surface area contributed by atoms with E-state index in [1.807, 2.05) is 0 Å². The van der Waals surface area contributed by atoms with Gasteiger partial charge in [-0.3, -0.25) is 14.5 Å². The van der Waals surface area contributed by atoms with Crippen molar-refractivity contribution in [1.29, 1.82) is 0 Å². The van der Waals surface area contributed by atoms with Gasteiger partial charge < -0.3 is 30.1 Å². The largest absolute Gasteiger partial charge is 0.506 e. The maximum absolute atomic E-state index is 13.4. The van der Waals surface area contributed by atoms with Crippen LogP contribution in [0.3, 0.4) is 0 Å². The molecular formula is C20H19ClN2O7. The number of carbonyl (C=O) groups is 1. The van der Waals surface area contributed by atoms with Crippen LogP contribution in [0.4, 0.5) is 5.69 Å². The summed E-state index contributed by atoms with van der Waals surface area (Å²) in [4.78, 5) is 26.4. The molecule has 1 aromatic heterocycles. The number of hydrogen-bond donors (Lipinski definition) is 5.